The molecular formula is C11H17NO. The molecule has 0 atom stereocenters. The third kappa shape index (κ3) is 2.83. The largest absolute Gasteiger partial charge is 0.377 e. The Labute approximate surface area is 79.7 Å². The number of hydrogen-bond acceptors (Lipinski definition) is 2. The third-order valence-electron chi connectivity index (χ3n) is 2.10. The van der Waals surface area contributed by atoms with E-state index in [0.29, 0.717) is 13.2 Å². The van der Waals surface area contributed by atoms with E-state index >= 15 is 0 Å². The molecule has 2 heteroatoms. The Morgan fingerprint density at radius 3 is 2.69 bits per heavy atom. The van der Waals surface area contributed by atoms with Crippen molar-refractivity contribution in [2.45, 2.75) is 27.0 Å². The van der Waals surface area contributed by atoms with Gasteiger partial charge in [-0.25, -0.2) is 0 Å². The molecule has 72 valence electrons. The summed E-state index contributed by atoms with van der Waals surface area (Å²) in [7, 11) is 0. The molecule has 0 saturated carbocycles. The quantitative estimate of drug-likeness (QED) is 0.767. The molecular weight excluding hydrogens is 162 g/mol. The zero-order chi connectivity index (χ0) is 9.68. The molecule has 0 unspecified atom stereocenters. The van der Waals surface area contributed by atoms with Gasteiger partial charge in [0, 0.05) is 13.2 Å². The first-order valence-electron chi connectivity index (χ1n) is 4.64. The van der Waals surface area contributed by atoms with Crippen LogP contribution in [0.15, 0.2) is 18.2 Å². The van der Waals surface area contributed by atoms with Crippen LogP contribution in [0.5, 0.6) is 0 Å². The van der Waals surface area contributed by atoms with Crippen molar-refractivity contribution in [3.63, 3.8) is 0 Å². The molecule has 0 amide bonds. The number of ether oxygens (including phenoxy) is 1. The van der Waals surface area contributed by atoms with Crippen molar-refractivity contribution in [2.24, 2.45) is 5.73 Å². The highest BCUT2D eigenvalue weighted by Gasteiger charge is 1.98. The van der Waals surface area contributed by atoms with Crippen molar-refractivity contribution >= 4 is 0 Å². The van der Waals surface area contributed by atoms with E-state index in [0.717, 1.165) is 6.61 Å². The summed E-state index contributed by atoms with van der Waals surface area (Å²) < 4.78 is 5.34. The van der Waals surface area contributed by atoms with Crippen LogP contribution in [0, 0.1) is 6.92 Å². The zero-order valence-corrected chi connectivity index (χ0v) is 8.34. The molecule has 2 N–H and O–H groups in total. The maximum Gasteiger partial charge on any atom is 0.0719 e. The minimum atomic E-state index is 0.607. The monoisotopic (exact) mass is 179 g/mol. The van der Waals surface area contributed by atoms with Gasteiger partial charge in [-0.3, -0.25) is 0 Å². The SMILES string of the molecule is CCOCc1ccc(CN)cc1C. The van der Waals surface area contributed by atoms with Crippen molar-refractivity contribution < 1.29 is 4.74 Å². The first kappa shape index (κ1) is 10.2. The third-order valence-corrected chi connectivity index (χ3v) is 2.10. The molecule has 0 bridgehead atoms. The number of aryl methyl sites for hydroxylation is 1. The van der Waals surface area contributed by atoms with Crippen LogP contribution in [0.2, 0.25) is 0 Å². The molecule has 0 aliphatic rings. The van der Waals surface area contributed by atoms with E-state index < -0.39 is 0 Å². The summed E-state index contributed by atoms with van der Waals surface area (Å²) in [4.78, 5) is 0. The molecule has 0 aromatic heterocycles. The summed E-state index contributed by atoms with van der Waals surface area (Å²) in [5.41, 5.74) is 9.23. The Morgan fingerprint density at radius 1 is 1.38 bits per heavy atom. The molecule has 2 nitrogen and oxygen atoms in total. The van der Waals surface area contributed by atoms with Gasteiger partial charge in [-0.1, -0.05) is 18.2 Å². The Bertz CT molecular complexity index is 271. The van der Waals surface area contributed by atoms with Crippen LogP contribution in [0.1, 0.15) is 23.6 Å². The summed E-state index contributed by atoms with van der Waals surface area (Å²) in [6.45, 7) is 6.16. The molecule has 0 radical (unpaired) electrons. The maximum absolute atomic E-state index is 5.54. The number of rotatable bonds is 4. The summed E-state index contributed by atoms with van der Waals surface area (Å²) >= 11 is 0. The molecule has 0 spiro atoms. The maximum atomic E-state index is 5.54. The predicted molar refractivity (Wildman–Crippen MR) is 54.4 cm³/mol. The second-order valence-electron chi connectivity index (χ2n) is 3.10. The van der Waals surface area contributed by atoms with E-state index in [4.69, 9.17) is 10.5 Å². The smallest absolute Gasteiger partial charge is 0.0719 e. The van der Waals surface area contributed by atoms with Crippen LogP contribution in [-0.4, -0.2) is 6.61 Å². The molecule has 0 aliphatic heterocycles. The molecule has 0 heterocycles. The lowest BCUT2D eigenvalue weighted by Gasteiger charge is -2.07. The van der Waals surface area contributed by atoms with Crippen LogP contribution in [0.4, 0.5) is 0 Å². The van der Waals surface area contributed by atoms with E-state index in [1.165, 1.54) is 16.7 Å². The second kappa shape index (κ2) is 5.00. The van der Waals surface area contributed by atoms with Crippen LogP contribution < -0.4 is 5.73 Å². The molecule has 0 saturated heterocycles. The molecule has 13 heavy (non-hydrogen) atoms. The van der Waals surface area contributed by atoms with E-state index in [1.807, 2.05) is 6.92 Å². The van der Waals surface area contributed by atoms with Crippen LogP contribution in [0.3, 0.4) is 0 Å². The van der Waals surface area contributed by atoms with Crippen molar-refractivity contribution in [2.75, 3.05) is 6.61 Å². The zero-order valence-electron chi connectivity index (χ0n) is 8.34. The average molecular weight is 179 g/mol. The predicted octanol–water partition coefficient (Wildman–Crippen LogP) is 1.99. The Balaban J connectivity index is 2.73. The van der Waals surface area contributed by atoms with E-state index in [9.17, 15) is 0 Å². The Kier molecular flexibility index (Phi) is 3.93. The van der Waals surface area contributed by atoms with Gasteiger partial charge in [-0.2, -0.15) is 0 Å². The minimum Gasteiger partial charge on any atom is -0.377 e. The fourth-order valence-corrected chi connectivity index (χ4v) is 1.26. The normalized spacial score (nSPS) is 10.4. The lowest BCUT2D eigenvalue weighted by molar-refractivity contribution is 0.133. The number of benzene rings is 1. The van der Waals surface area contributed by atoms with Crippen molar-refractivity contribution in [1.82, 2.24) is 0 Å². The fraction of sp³-hybridized carbons (Fsp3) is 0.455. The Morgan fingerprint density at radius 2 is 2.15 bits per heavy atom. The molecule has 0 aliphatic carbocycles. The molecule has 1 rings (SSSR count). The van der Waals surface area contributed by atoms with Crippen LogP contribution >= 0.6 is 0 Å². The van der Waals surface area contributed by atoms with E-state index in [-0.39, 0.29) is 0 Å². The van der Waals surface area contributed by atoms with Gasteiger partial charge >= 0.3 is 0 Å². The van der Waals surface area contributed by atoms with Gasteiger partial charge < -0.3 is 10.5 Å². The fourth-order valence-electron chi connectivity index (χ4n) is 1.26. The molecule has 1 aromatic carbocycles. The van der Waals surface area contributed by atoms with E-state index in [2.05, 4.69) is 25.1 Å². The highest BCUT2D eigenvalue weighted by atomic mass is 16.5. The standard InChI is InChI=1S/C11H17NO/c1-3-13-8-11-5-4-10(7-12)6-9(11)2/h4-6H,3,7-8,12H2,1-2H3. The van der Waals surface area contributed by atoms with Gasteiger partial charge in [-0.05, 0) is 30.5 Å². The summed E-state index contributed by atoms with van der Waals surface area (Å²) in [5.74, 6) is 0. The Hall–Kier alpha value is -0.860. The lowest BCUT2D eigenvalue weighted by atomic mass is 10.1. The first-order chi connectivity index (χ1) is 6.27. The van der Waals surface area contributed by atoms with Crippen molar-refractivity contribution in [3.8, 4) is 0 Å². The summed E-state index contributed by atoms with van der Waals surface area (Å²) in [6, 6.07) is 6.27. The van der Waals surface area contributed by atoms with Crippen LogP contribution in [0.25, 0.3) is 0 Å². The van der Waals surface area contributed by atoms with Gasteiger partial charge in [0.05, 0.1) is 6.61 Å². The summed E-state index contributed by atoms with van der Waals surface area (Å²) in [5, 5.41) is 0. The molecule has 1 aromatic rings. The van der Waals surface area contributed by atoms with Gasteiger partial charge in [0.15, 0.2) is 0 Å². The number of nitrogens with two attached hydrogens (primary N) is 1. The highest BCUT2D eigenvalue weighted by Crippen LogP contribution is 2.11. The average Bonchev–Trinajstić information content (AvgIpc) is 2.16. The lowest BCUT2D eigenvalue weighted by Crippen LogP contribution is -1.99. The summed E-state index contributed by atoms with van der Waals surface area (Å²) in [6.07, 6.45) is 0. The van der Waals surface area contributed by atoms with Crippen molar-refractivity contribution in [1.29, 1.82) is 0 Å². The second-order valence-corrected chi connectivity index (χ2v) is 3.10. The van der Waals surface area contributed by atoms with Crippen molar-refractivity contribution in [3.05, 3.63) is 34.9 Å². The highest BCUT2D eigenvalue weighted by molar-refractivity contribution is 5.30. The van der Waals surface area contributed by atoms with Gasteiger partial charge in [0.25, 0.3) is 0 Å². The topological polar surface area (TPSA) is 35.2 Å². The van der Waals surface area contributed by atoms with E-state index in [1.54, 1.807) is 0 Å². The molecule has 0 fully saturated rings. The van der Waals surface area contributed by atoms with Crippen LogP contribution in [-0.2, 0) is 17.9 Å². The van der Waals surface area contributed by atoms with Gasteiger partial charge in [0.2, 0.25) is 0 Å². The van der Waals surface area contributed by atoms with Gasteiger partial charge in [-0.15, -0.1) is 0 Å². The number of hydrogen-bond donors (Lipinski definition) is 1. The van der Waals surface area contributed by atoms with Gasteiger partial charge in [0.1, 0.15) is 0 Å². The first-order valence-corrected chi connectivity index (χ1v) is 4.64. The minimum absolute atomic E-state index is 0.607.